The number of amides is 1. The fourth-order valence-electron chi connectivity index (χ4n) is 1.96. The molecule has 0 saturated heterocycles. The molecular formula is C14H15F2N3O3. The number of nitrogens with one attached hydrogen (secondary N) is 1. The summed E-state index contributed by atoms with van der Waals surface area (Å²) in [5.74, 6) is -0.212. The van der Waals surface area contributed by atoms with E-state index in [-0.39, 0.29) is 5.69 Å². The van der Waals surface area contributed by atoms with Gasteiger partial charge in [-0.05, 0) is 6.07 Å². The molecule has 22 heavy (non-hydrogen) atoms. The molecule has 2 aromatic rings. The van der Waals surface area contributed by atoms with Crippen molar-refractivity contribution in [2.75, 3.05) is 19.5 Å². The van der Waals surface area contributed by atoms with Gasteiger partial charge in [0.25, 0.3) is 5.91 Å². The standard InChI is InChI=1S/C14H15F2N3O3/c1-21-11-5-3-4-9(12(11)22-2)7-19-8-10(6-17-19)18-14(20)13(15)16/h3-6,8,13H,7H2,1-2H3,(H,18,20). The number of hydrogen-bond acceptors (Lipinski definition) is 4. The van der Waals surface area contributed by atoms with Gasteiger partial charge in [-0.25, -0.2) is 0 Å². The molecule has 0 spiro atoms. The Bertz CT molecular complexity index is 659. The van der Waals surface area contributed by atoms with Crippen molar-refractivity contribution in [3.8, 4) is 11.5 Å². The third kappa shape index (κ3) is 3.51. The van der Waals surface area contributed by atoms with Gasteiger partial charge in [-0.2, -0.15) is 13.9 Å². The molecule has 0 radical (unpaired) electrons. The summed E-state index contributed by atoms with van der Waals surface area (Å²) in [7, 11) is 3.06. The summed E-state index contributed by atoms with van der Waals surface area (Å²) in [5, 5.41) is 6.09. The highest BCUT2D eigenvalue weighted by molar-refractivity contribution is 5.92. The minimum absolute atomic E-state index is 0.201. The average Bonchev–Trinajstić information content (AvgIpc) is 2.93. The molecule has 1 aromatic heterocycles. The Kier molecular flexibility index (Phi) is 4.92. The van der Waals surface area contributed by atoms with Crippen molar-refractivity contribution >= 4 is 11.6 Å². The number of carbonyl (C=O) groups is 1. The summed E-state index contributed by atoms with van der Waals surface area (Å²) >= 11 is 0. The highest BCUT2D eigenvalue weighted by atomic mass is 19.3. The number of alkyl halides is 2. The van der Waals surface area contributed by atoms with Crippen molar-refractivity contribution in [2.45, 2.75) is 13.0 Å². The molecule has 1 aromatic carbocycles. The quantitative estimate of drug-likeness (QED) is 0.888. The van der Waals surface area contributed by atoms with Crippen LogP contribution in [-0.2, 0) is 11.3 Å². The first-order valence-electron chi connectivity index (χ1n) is 6.36. The Morgan fingerprint density at radius 1 is 1.36 bits per heavy atom. The number of nitrogens with zero attached hydrogens (tertiary/aromatic N) is 2. The molecule has 0 bridgehead atoms. The van der Waals surface area contributed by atoms with Crippen LogP contribution in [0, 0.1) is 0 Å². The molecule has 0 atom stereocenters. The maximum Gasteiger partial charge on any atom is 0.315 e. The molecule has 0 fully saturated rings. The van der Waals surface area contributed by atoms with E-state index < -0.39 is 12.3 Å². The number of ether oxygens (including phenoxy) is 2. The summed E-state index contributed by atoms with van der Waals surface area (Å²) in [6.07, 6.45) is -0.312. The largest absolute Gasteiger partial charge is 0.493 e. The monoisotopic (exact) mass is 311 g/mol. The fraction of sp³-hybridized carbons (Fsp3) is 0.286. The molecule has 0 saturated carbocycles. The topological polar surface area (TPSA) is 65.4 Å². The average molecular weight is 311 g/mol. The predicted octanol–water partition coefficient (Wildman–Crippen LogP) is 2.15. The first kappa shape index (κ1) is 15.7. The van der Waals surface area contributed by atoms with E-state index in [0.29, 0.717) is 18.0 Å². The Hall–Kier alpha value is -2.64. The summed E-state index contributed by atoms with van der Waals surface area (Å²) in [4.78, 5) is 10.9. The van der Waals surface area contributed by atoms with E-state index in [1.165, 1.54) is 31.3 Å². The number of halogens is 2. The van der Waals surface area contributed by atoms with Crippen molar-refractivity contribution in [1.29, 1.82) is 0 Å². The summed E-state index contributed by atoms with van der Waals surface area (Å²) < 4.78 is 36.4. The third-order valence-electron chi connectivity index (χ3n) is 2.92. The van der Waals surface area contributed by atoms with E-state index in [4.69, 9.17) is 9.47 Å². The molecule has 6 nitrogen and oxygen atoms in total. The molecule has 1 N–H and O–H groups in total. The normalized spacial score (nSPS) is 10.6. The van der Waals surface area contributed by atoms with Crippen LogP contribution in [0.2, 0.25) is 0 Å². The van der Waals surface area contributed by atoms with Gasteiger partial charge in [0.15, 0.2) is 11.5 Å². The maximum atomic E-state index is 12.2. The second-order valence-electron chi connectivity index (χ2n) is 4.37. The lowest BCUT2D eigenvalue weighted by Crippen LogP contribution is -2.19. The second-order valence-corrected chi connectivity index (χ2v) is 4.37. The minimum atomic E-state index is -3.07. The van der Waals surface area contributed by atoms with E-state index in [0.717, 1.165) is 5.56 Å². The Labute approximate surface area is 125 Å². The summed E-state index contributed by atoms with van der Waals surface area (Å²) in [6, 6.07) is 5.40. The van der Waals surface area contributed by atoms with Crippen molar-refractivity contribution < 1.29 is 23.0 Å². The first-order valence-corrected chi connectivity index (χ1v) is 6.36. The molecule has 1 amide bonds. The van der Waals surface area contributed by atoms with Crippen LogP contribution >= 0.6 is 0 Å². The van der Waals surface area contributed by atoms with Gasteiger partial charge < -0.3 is 14.8 Å². The van der Waals surface area contributed by atoms with Gasteiger partial charge in [-0.1, -0.05) is 12.1 Å². The van der Waals surface area contributed by atoms with Crippen molar-refractivity contribution in [3.05, 3.63) is 36.2 Å². The first-order chi connectivity index (χ1) is 10.5. The number of rotatable bonds is 6. The predicted molar refractivity (Wildman–Crippen MR) is 75.5 cm³/mol. The zero-order valence-electron chi connectivity index (χ0n) is 12.0. The lowest BCUT2D eigenvalue weighted by Gasteiger charge is -2.12. The number of methoxy groups -OCH3 is 2. The smallest absolute Gasteiger partial charge is 0.315 e. The highest BCUT2D eigenvalue weighted by Crippen LogP contribution is 2.31. The number of hydrogen-bond donors (Lipinski definition) is 1. The number of para-hydroxylation sites is 1. The van der Waals surface area contributed by atoms with E-state index in [2.05, 4.69) is 10.4 Å². The molecule has 0 aliphatic carbocycles. The van der Waals surface area contributed by atoms with Crippen molar-refractivity contribution in [2.24, 2.45) is 0 Å². The van der Waals surface area contributed by atoms with E-state index in [1.54, 1.807) is 12.1 Å². The van der Waals surface area contributed by atoms with Gasteiger partial charge >= 0.3 is 6.43 Å². The maximum absolute atomic E-state index is 12.2. The molecular weight excluding hydrogens is 296 g/mol. The number of anilines is 1. The van der Waals surface area contributed by atoms with Crippen molar-refractivity contribution in [1.82, 2.24) is 9.78 Å². The lowest BCUT2D eigenvalue weighted by molar-refractivity contribution is -0.126. The number of benzene rings is 1. The summed E-state index contributed by atoms with van der Waals surface area (Å²) in [6.45, 7) is 0.338. The fourth-order valence-corrected chi connectivity index (χ4v) is 1.96. The summed E-state index contributed by atoms with van der Waals surface area (Å²) in [5.41, 5.74) is 1.00. The molecule has 1 heterocycles. The molecule has 8 heteroatoms. The van der Waals surface area contributed by atoms with E-state index in [1.807, 2.05) is 6.07 Å². The molecule has 118 valence electrons. The number of carbonyl (C=O) groups excluding carboxylic acids is 1. The minimum Gasteiger partial charge on any atom is -0.493 e. The van der Waals surface area contributed by atoms with Crippen LogP contribution in [0.15, 0.2) is 30.6 Å². The highest BCUT2D eigenvalue weighted by Gasteiger charge is 2.16. The van der Waals surface area contributed by atoms with Crippen LogP contribution in [-0.4, -0.2) is 36.3 Å². The van der Waals surface area contributed by atoms with Crippen LogP contribution in [0.5, 0.6) is 11.5 Å². The zero-order chi connectivity index (χ0) is 16.1. The van der Waals surface area contributed by atoms with Crippen LogP contribution in [0.25, 0.3) is 0 Å². The zero-order valence-corrected chi connectivity index (χ0v) is 12.0. The third-order valence-corrected chi connectivity index (χ3v) is 2.92. The van der Waals surface area contributed by atoms with Crippen LogP contribution in [0.1, 0.15) is 5.56 Å². The molecule has 0 aliphatic rings. The van der Waals surface area contributed by atoms with E-state index >= 15 is 0 Å². The van der Waals surface area contributed by atoms with Gasteiger partial charge in [-0.15, -0.1) is 0 Å². The Morgan fingerprint density at radius 2 is 2.14 bits per heavy atom. The lowest BCUT2D eigenvalue weighted by atomic mass is 10.2. The van der Waals surface area contributed by atoms with Gasteiger partial charge in [0.1, 0.15) is 0 Å². The Morgan fingerprint density at radius 3 is 2.77 bits per heavy atom. The van der Waals surface area contributed by atoms with E-state index in [9.17, 15) is 13.6 Å². The van der Waals surface area contributed by atoms with Crippen LogP contribution in [0.4, 0.5) is 14.5 Å². The molecule has 0 unspecified atom stereocenters. The molecule has 2 rings (SSSR count). The van der Waals surface area contributed by atoms with Gasteiger partial charge in [-0.3, -0.25) is 9.48 Å². The Balaban J connectivity index is 2.15. The SMILES string of the molecule is COc1cccc(Cn2cc(NC(=O)C(F)F)cn2)c1OC. The van der Waals surface area contributed by atoms with Crippen molar-refractivity contribution in [3.63, 3.8) is 0 Å². The second kappa shape index (κ2) is 6.88. The van der Waals surface area contributed by atoms with Gasteiger partial charge in [0.05, 0.1) is 32.6 Å². The van der Waals surface area contributed by atoms with Gasteiger partial charge in [0.2, 0.25) is 0 Å². The molecule has 0 aliphatic heterocycles. The number of aromatic nitrogens is 2. The van der Waals surface area contributed by atoms with Crippen LogP contribution in [0.3, 0.4) is 0 Å². The van der Waals surface area contributed by atoms with Gasteiger partial charge in [0, 0.05) is 11.8 Å². The van der Waals surface area contributed by atoms with Crippen LogP contribution < -0.4 is 14.8 Å².